The van der Waals surface area contributed by atoms with E-state index < -0.39 is 6.10 Å². The predicted octanol–water partition coefficient (Wildman–Crippen LogP) is 1.97. The fourth-order valence-electron chi connectivity index (χ4n) is 3.34. The standard InChI is InChI=1S/C15H21NO3/c1-10-7-15(9-16(10)2)8-13(17)12-6-11(18-3)4-5-14(12)19-15/h4-6,10,13,17H,7-9H2,1-3H3/t10?,13-,15?/m0/s1. The normalized spacial score (nSPS) is 34.1. The second kappa shape index (κ2) is 4.39. The molecule has 1 aromatic rings. The number of fused-ring (bicyclic) bond motifs is 1. The highest BCUT2D eigenvalue weighted by atomic mass is 16.5. The van der Waals surface area contributed by atoms with Crippen LogP contribution in [0.15, 0.2) is 18.2 Å². The quantitative estimate of drug-likeness (QED) is 0.841. The van der Waals surface area contributed by atoms with Crippen molar-refractivity contribution in [2.45, 2.75) is 37.5 Å². The van der Waals surface area contributed by atoms with Crippen LogP contribution >= 0.6 is 0 Å². The first-order valence-corrected chi connectivity index (χ1v) is 6.78. The Bertz CT molecular complexity index is 478. The highest BCUT2D eigenvalue weighted by Gasteiger charge is 2.47. The zero-order chi connectivity index (χ0) is 13.6. The first kappa shape index (κ1) is 12.8. The van der Waals surface area contributed by atoms with Crippen LogP contribution in [0, 0.1) is 0 Å². The molecule has 19 heavy (non-hydrogen) atoms. The zero-order valence-corrected chi connectivity index (χ0v) is 11.7. The van der Waals surface area contributed by atoms with Gasteiger partial charge in [-0.25, -0.2) is 0 Å². The third-order valence-corrected chi connectivity index (χ3v) is 4.43. The van der Waals surface area contributed by atoms with Crippen molar-refractivity contribution in [2.75, 3.05) is 20.7 Å². The Balaban J connectivity index is 1.92. The molecule has 1 spiro atoms. The van der Waals surface area contributed by atoms with Crippen molar-refractivity contribution >= 4 is 0 Å². The second-order valence-electron chi connectivity index (χ2n) is 5.88. The van der Waals surface area contributed by atoms with E-state index in [2.05, 4.69) is 18.9 Å². The molecule has 0 aliphatic carbocycles. The average molecular weight is 263 g/mol. The summed E-state index contributed by atoms with van der Waals surface area (Å²) >= 11 is 0. The Morgan fingerprint density at radius 1 is 1.42 bits per heavy atom. The number of aliphatic hydroxyl groups is 1. The predicted molar refractivity (Wildman–Crippen MR) is 72.6 cm³/mol. The van der Waals surface area contributed by atoms with E-state index in [4.69, 9.17) is 9.47 Å². The van der Waals surface area contributed by atoms with Crippen LogP contribution in [0.5, 0.6) is 11.5 Å². The maximum atomic E-state index is 10.4. The lowest BCUT2D eigenvalue weighted by atomic mass is 9.87. The molecular formula is C15H21NO3. The second-order valence-corrected chi connectivity index (χ2v) is 5.88. The van der Waals surface area contributed by atoms with Gasteiger partial charge in [-0.2, -0.15) is 0 Å². The van der Waals surface area contributed by atoms with E-state index in [0.29, 0.717) is 12.5 Å². The number of aliphatic hydroxyl groups excluding tert-OH is 1. The van der Waals surface area contributed by atoms with Gasteiger partial charge in [-0.15, -0.1) is 0 Å². The van der Waals surface area contributed by atoms with Crippen LogP contribution in [0.25, 0.3) is 0 Å². The molecule has 2 aliphatic rings. The summed E-state index contributed by atoms with van der Waals surface area (Å²) < 4.78 is 11.4. The number of methoxy groups -OCH3 is 1. The molecule has 1 aromatic carbocycles. The van der Waals surface area contributed by atoms with Crippen molar-refractivity contribution in [2.24, 2.45) is 0 Å². The van der Waals surface area contributed by atoms with Crippen molar-refractivity contribution in [3.8, 4) is 11.5 Å². The summed E-state index contributed by atoms with van der Waals surface area (Å²) in [4.78, 5) is 2.29. The molecule has 2 unspecified atom stereocenters. The third kappa shape index (κ3) is 2.09. The lowest BCUT2D eigenvalue weighted by Crippen LogP contribution is -2.43. The van der Waals surface area contributed by atoms with Crippen LogP contribution in [0.4, 0.5) is 0 Å². The fourth-order valence-corrected chi connectivity index (χ4v) is 3.34. The molecule has 1 fully saturated rings. The van der Waals surface area contributed by atoms with E-state index in [1.165, 1.54) is 0 Å². The highest BCUT2D eigenvalue weighted by Crippen LogP contribution is 2.45. The van der Waals surface area contributed by atoms with E-state index >= 15 is 0 Å². The Hall–Kier alpha value is -1.26. The molecule has 0 saturated carbocycles. The number of rotatable bonds is 1. The van der Waals surface area contributed by atoms with E-state index in [-0.39, 0.29) is 5.60 Å². The Kier molecular flexibility index (Phi) is 2.95. The summed E-state index contributed by atoms with van der Waals surface area (Å²) in [5.41, 5.74) is 0.599. The van der Waals surface area contributed by atoms with E-state index in [1.807, 2.05) is 18.2 Å². The van der Waals surface area contributed by atoms with Gasteiger partial charge in [0, 0.05) is 31.0 Å². The number of ether oxygens (including phenoxy) is 2. The molecule has 0 bridgehead atoms. The topological polar surface area (TPSA) is 41.9 Å². The van der Waals surface area contributed by atoms with Crippen molar-refractivity contribution in [3.05, 3.63) is 23.8 Å². The molecule has 1 N–H and O–H groups in total. The van der Waals surface area contributed by atoms with Gasteiger partial charge in [-0.1, -0.05) is 0 Å². The Morgan fingerprint density at radius 3 is 2.84 bits per heavy atom. The van der Waals surface area contributed by atoms with Gasteiger partial charge < -0.3 is 14.6 Å². The van der Waals surface area contributed by atoms with E-state index in [1.54, 1.807) is 7.11 Å². The molecule has 3 atom stereocenters. The summed E-state index contributed by atoms with van der Waals surface area (Å²) in [7, 11) is 3.74. The van der Waals surface area contributed by atoms with E-state index in [0.717, 1.165) is 30.0 Å². The smallest absolute Gasteiger partial charge is 0.126 e. The van der Waals surface area contributed by atoms with Crippen LogP contribution in [-0.4, -0.2) is 42.4 Å². The van der Waals surface area contributed by atoms with Crippen molar-refractivity contribution in [3.63, 3.8) is 0 Å². The van der Waals surface area contributed by atoms with Gasteiger partial charge in [0.25, 0.3) is 0 Å². The van der Waals surface area contributed by atoms with Crippen molar-refractivity contribution < 1.29 is 14.6 Å². The van der Waals surface area contributed by atoms with Crippen LogP contribution < -0.4 is 9.47 Å². The minimum absolute atomic E-state index is 0.241. The number of likely N-dealkylation sites (N-methyl/N-ethyl adjacent to an activating group) is 1. The monoisotopic (exact) mass is 263 g/mol. The number of nitrogens with zero attached hydrogens (tertiary/aromatic N) is 1. The average Bonchev–Trinajstić information content (AvgIpc) is 2.63. The minimum atomic E-state index is -0.474. The molecule has 104 valence electrons. The van der Waals surface area contributed by atoms with Gasteiger partial charge in [0.05, 0.1) is 13.2 Å². The maximum Gasteiger partial charge on any atom is 0.126 e. The molecule has 2 aliphatic heterocycles. The van der Waals surface area contributed by atoms with E-state index in [9.17, 15) is 5.11 Å². The summed E-state index contributed by atoms with van der Waals surface area (Å²) in [5.74, 6) is 1.55. The highest BCUT2D eigenvalue weighted by molar-refractivity contribution is 5.44. The lowest BCUT2D eigenvalue weighted by molar-refractivity contribution is -0.00624. The fraction of sp³-hybridized carbons (Fsp3) is 0.600. The first-order chi connectivity index (χ1) is 9.03. The maximum absolute atomic E-state index is 10.4. The zero-order valence-electron chi connectivity index (χ0n) is 11.7. The van der Waals surface area contributed by atoms with Crippen LogP contribution in [0.1, 0.15) is 31.4 Å². The van der Waals surface area contributed by atoms with Gasteiger partial charge in [-0.05, 0) is 32.2 Å². The molecule has 0 aromatic heterocycles. The molecule has 3 rings (SSSR count). The van der Waals surface area contributed by atoms with Gasteiger partial charge in [0.1, 0.15) is 17.1 Å². The minimum Gasteiger partial charge on any atom is -0.497 e. The van der Waals surface area contributed by atoms with Gasteiger partial charge in [0.2, 0.25) is 0 Å². The number of benzene rings is 1. The summed E-state index contributed by atoms with van der Waals surface area (Å²) in [6, 6.07) is 6.15. The largest absolute Gasteiger partial charge is 0.497 e. The molecule has 4 nitrogen and oxygen atoms in total. The van der Waals surface area contributed by atoms with Crippen LogP contribution in [0.3, 0.4) is 0 Å². The first-order valence-electron chi connectivity index (χ1n) is 6.78. The van der Waals surface area contributed by atoms with Crippen LogP contribution in [0.2, 0.25) is 0 Å². The third-order valence-electron chi connectivity index (χ3n) is 4.43. The molecule has 4 heteroatoms. The molecule has 0 radical (unpaired) electrons. The molecule has 1 saturated heterocycles. The van der Waals surface area contributed by atoms with Crippen molar-refractivity contribution in [1.82, 2.24) is 4.90 Å². The Morgan fingerprint density at radius 2 is 2.21 bits per heavy atom. The molecule has 2 heterocycles. The summed E-state index contributed by atoms with van der Waals surface area (Å²) in [6.07, 6.45) is 1.14. The molecular weight excluding hydrogens is 242 g/mol. The van der Waals surface area contributed by atoms with Gasteiger partial charge >= 0.3 is 0 Å². The van der Waals surface area contributed by atoms with Crippen molar-refractivity contribution in [1.29, 1.82) is 0 Å². The SMILES string of the molecule is COc1ccc2c(c1)[C@@H](O)CC1(CC(C)N(C)C1)O2. The summed E-state index contributed by atoms with van der Waals surface area (Å²) in [6.45, 7) is 3.07. The van der Waals surface area contributed by atoms with Gasteiger partial charge in [-0.3, -0.25) is 4.90 Å². The lowest BCUT2D eigenvalue weighted by Gasteiger charge is -2.38. The number of hydrogen-bond donors (Lipinski definition) is 1. The Labute approximate surface area is 113 Å². The van der Waals surface area contributed by atoms with Gasteiger partial charge in [0.15, 0.2) is 0 Å². The summed E-state index contributed by atoms with van der Waals surface area (Å²) in [5, 5.41) is 10.4. The number of likely N-dealkylation sites (tertiary alicyclic amines) is 1. The van der Waals surface area contributed by atoms with Crippen LogP contribution in [-0.2, 0) is 0 Å². The number of hydrogen-bond acceptors (Lipinski definition) is 4. The molecule has 0 amide bonds.